The van der Waals surface area contributed by atoms with Crippen LogP contribution >= 0.6 is 11.6 Å². The number of nitrogens with zero attached hydrogens (tertiary/aromatic N) is 2. The molecule has 33 heavy (non-hydrogen) atoms. The molecule has 0 radical (unpaired) electrons. The van der Waals surface area contributed by atoms with Crippen LogP contribution in [-0.4, -0.2) is 35.1 Å². The zero-order chi connectivity index (χ0) is 22.8. The standard InChI is InChI=1S/C25H23ClN4O3/c26-17-9-7-16(8-10-17)21-14-22(23-6-3-13-33-23)30(29-21)24(31)15-27-20-5-2-1-4-19(20)25(32)28-18-11-12-18/h1-10,13,18,22,27H,11-12,14-15H2,(H,28,32). The van der Waals surface area contributed by atoms with Crippen LogP contribution in [0.15, 0.2) is 76.4 Å². The molecule has 2 aromatic carbocycles. The number of carbonyl (C=O) groups is 2. The largest absolute Gasteiger partial charge is 0.467 e. The number of halogens is 1. The van der Waals surface area contributed by atoms with Crippen LogP contribution in [0, 0.1) is 0 Å². The monoisotopic (exact) mass is 462 g/mol. The second-order valence-corrected chi connectivity index (χ2v) is 8.61. The average molecular weight is 463 g/mol. The van der Waals surface area contributed by atoms with E-state index in [0.29, 0.717) is 28.5 Å². The van der Waals surface area contributed by atoms with Crippen molar-refractivity contribution in [3.05, 3.63) is 88.8 Å². The van der Waals surface area contributed by atoms with E-state index in [2.05, 4.69) is 15.7 Å². The van der Waals surface area contributed by atoms with Crippen molar-refractivity contribution in [1.29, 1.82) is 0 Å². The number of anilines is 1. The Bertz CT molecular complexity index is 1190. The molecular weight excluding hydrogens is 440 g/mol. The highest BCUT2D eigenvalue weighted by molar-refractivity contribution is 6.30. The van der Waals surface area contributed by atoms with Gasteiger partial charge in [0.25, 0.3) is 11.8 Å². The molecule has 1 fully saturated rings. The smallest absolute Gasteiger partial charge is 0.262 e. The lowest BCUT2D eigenvalue weighted by atomic mass is 10.0. The summed E-state index contributed by atoms with van der Waals surface area (Å²) in [6.45, 7) is -0.0116. The summed E-state index contributed by atoms with van der Waals surface area (Å²) >= 11 is 6.02. The summed E-state index contributed by atoms with van der Waals surface area (Å²) in [5.74, 6) is 0.309. The van der Waals surface area contributed by atoms with Gasteiger partial charge in [-0.3, -0.25) is 9.59 Å². The molecule has 8 heteroatoms. The molecule has 1 aliphatic carbocycles. The number of amides is 2. The molecule has 1 aromatic heterocycles. The Morgan fingerprint density at radius 1 is 1.06 bits per heavy atom. The average Bonchev–Trinajstić information content (AvgIpc) is 3.29. The van der Waals surface area contributed by atoms with Gasteiger partial charge in [-0.2, -0.15) is 5.10 Å². The molecule has 3 aromatic rings. The normalized spacial score (nSPS) is 17.5. The molecule has 2 amide bonds. The summed E-state index contributed by atoms with van der Waals surface area (Å²) in [7, 11) is 0. The summed E-state index contributed by atoms with van der Waals surface area (Å²) in [4.78, 5) is 25.8. The van der Waals surface area contributed by atoms with Gasteiger partial charge in [0, 0.05) is 23.2 Å². The fraction of sp³-hybridized carbons (Fsp3) is 0.240. The fourth-order valence-corrected chi connectivity index (χ4v) is 3.96. The third-order valence-corrected chi connectivity index (χ3v) is 5.98. The topological polar surface area (TPSA) is 86.9 Å². The first-order valence-corrected chi connectivity index (χ1v) is 11.3. The number of benzene rings is 2. The summed E-state index contributed by atoms with van der Waals surface area (Å²) < 4.78 is 5.60. The van der Waals surface area contributed by atoms with Crippen molar-refractivity contribution < 1.29 is 14.0 Å². The zero-order valence-electron chi connectivity index (χ0n) is 17.8. The van der Waals surface area contributed by atoms with E-state index in [1.54, 1.807) is 36.6 Å². The summed E-state index contributed by atoms with van der Waals surface area (Å²) in [5, 5.41) is 12.8. The van der Waals surface area contributed by atoms with Crippen LogP contribution in [-0.2, 0) is 4.79 Å². The van der Waals surface area contributed by atoms with Crippen LogP contribution in [0.5, 0.6) is 0 Å². The van der Waals surface area contributed by atoms with Gasteiger partial charge < -0.3 is 15.1 Å². The van der Waals surface area contributed by atoms with E-state index in [-0.39, 0.29) is 30.4 Å². The maximum atomic E-state index is 13.2. The van der Waals surface area contributed by atoms with E-state index in [1.807, 2.05) is 30.3 Å². The predicted octanol–water partition coefficient (Wildman–Crippen LogP) is 4.62. The molecule has 1 unspecified atom stereocenters. The Balaban J connectivity index is 1.34. The fourth-order valence-electron chi connectivity index (χ4n) is 3.84. The highest BCUT2D eigenvalue weighted by atomic mass is 35.5. The molecule has 1 saturated carbocycles. The molecule has 0 saturated heterocycles. The Morgan fingerprint density at radius 3 is 2.58 bits per heavy atom. The highest BCUT2D eigenvalue weighted by Gasteiger charge is 2.34. The van der Waals surface area contributed by atoms with Gasteiger partial charge >= 0.3 is 0 Å². The molecule has 1 aliphatic heterocycles. The van der Waals surface area contributed by atoms with Crippen LogP contribution in [0.1, 0.15) is 47.0 Å². The first-order chi connectivity index (χ1) is 16.1. The molecule has 168 valence electrons. The molecule has 7 nitrogen and oxygen atoms in total. The highest BCUT2D eigenvalue weighted by Crippen LogP contribution is 2.33. The minimum atomic E-state index is -0.339. The minimum Gasteiger partial charge on any atom is -0.467 e. The first kappa shape index (κ1) is 21.3. The van der Waals surface area contributed by atoms with E-state index >= 15 is 0 Å². The lowest BCUT2D eigenvalue weighted by Gasteiger charge is -2.20. The van der Waals surface area contributed by atoms with Gasteiger partial charge in [0.15, 0.2) is 0 Å². The third-order valence-electron chi connectivity index (χ3n) is 5.73. The van der Waals surface area contributed by atoms with E-state index in [4.69, 9.17) is 16.0 Å². The van der Waals surface area contributed by atoms with Crippen molar-refractivity contribution >= 4 is 34.8 Å². The van der Waals surface area contributed by atoms with Crippen LogP contribution < -0.4 is 10.6 Å². The lowest BCUT2D eigenvalue weighted by Crippen LogP contribution is -2.33. The van der Waals surface area contributed by atoms with Crippen LogP contribution in [0.2, 0.25) is 5.02 Å². The van der Waals surface area contributed by atoms with Gasteiger partial charge in [-0.15, -0.1) is 0 Å². The SMILES string of the molecule is O=C(NC1CC1)c1ccccc1NCC(=O)N1N=C(c2ccc(Cl)cc2)CC1c1ccco1. The Morgan fingerprint density at radius 2 is 1.85 bits per heavy atom. The number of furan rings is 1. The number of hydrogen-bond donors (Lipinski definition) is 2. The Kier molecular flexibility index (Phi) is 5.88. The van der Waals surface area contributed by atoms with Crippen molar-refractivity contribution in [2.45, 2.75) is 31.3 Å². The molecule has 2 aliphatic rings. The number of para-hydroxylation sites is 1. The molecule has 2 heterocycles. The summed E-state index contributed by atoms with van der Waals surface area (Å²) in [6, 6.07) is 18.1. The number of rotatable bonds is 7. The summed E-state index contributed by atoms with van der Waals surface area (Å²) in [5.41, 5.74) is 2.82. The second kappa shape index (κ2) is 9.11. The molecular formula is C25H23ClN4O3. The van der Waals surface area contributed by atoms with E-state index < -0.39 is 0 Å². The van der Waals surface area contributed by atoms with E-state index in [0.717, 1.165) is 24.1 Å². The Labute approximate surface area is 196 Å². The summed E-state index contributed by atoms with van der Waals surface area (Å²) in [6.07, 6.45) is 4.14. The van der Waals surface area contributed by atoms with E-state index in [1.165, 1.54) is 5.01 Å². The Hall–Kier alpha value is -3.58. The molecule has 2 N–H and O–H groups in total. The molecule has 1 atom stereocenters. The zero-order valence-corrected chi connectivity index (χ0v) is 18.6. The number of carbonyl (C=O) groups excluding carboxylic acids is 2. The van der Waals surface area contributed by atoms with Crippen molar-refractivity contribution in [2.75, 3.05) is 11.9 Å². The van der Waals surface area contributed by atoms with Crippen molar-refractivity contribution in [2.24, 2.45) is 5.10 Å². The van der Waals surface area contributed by atoms with Crippen molar-refractivity contribution in [3.8, 4) is 0 Å². The van der Waals surface area contributed by atoms with E-state index in [9.17, 15) is 9.59 Å². The second-order valence-electron chi connectivity index (χ2n) is 8.17. The van der Waals surface area contributed by atoms with Crippen molar-refractivity contribution in [3.63, 3.8) is 0 Å². The molecule has 5 rings (SSSR count). The lowest BCUT2D eigenvalue weighted by molar-refractivity contribution is -0.131. The van der Waals surface area contributed by atoms with Crippen molar-refractivity contribution in [1.82, 2.24) is 10.3 Å². The number of nitrogens with one attached hydrogen (secondary N) is 2. The molecule has 0 bridgehead atoms. The van der Waals surface area contributed by atoms with Gasteiger partial charge in [-0.05, 0) is 54.8 Å². The van der Waals surface area contributed by atoms with Gasteiger partial charge in [0.2, 0.25) is 0 Å². The maximum absolute atomic E-state index is 13.2. The van der Waals surface area contributed by atoms with Gasteiger partial charge in [0.1, 0.15) is 11.8 Å². The quantitative estimate of drug-likeness (QED) is 0.536. The minimum absolute atomic E-state index is 0.0116. The third kappa shape index (κ3) is 4.78. The van der Waals surface area contributed by atoms with Gasteiger partial charge in [-0.1, -0.05) is 35.9 Å². The predicted molar refractivity (Wildman–Crippen MR) is 126 cm³/mol. The van der Waals surface area contributed by atoms with Gasteiger partial charge in [0.05, 0.1) is 24.1 Å². The first-order valence-electron chi connectivity index (χ1n) is 10.9. The van der Waals surface area contributed by atoms with Crippen LogP contribution in [0.3, 0.4) is 0 Å². The number of hydrazone groups is 1. The van der Waals surface area contributed by atoms with Crippen LogP contribution in [0.25, 0.3) is 0 Å². The van der Waals surface area contributed by atoms with Crippen LogP contribution in [0.4, 0.5) is 5.69 Å². The maximum Gasteiger partial charge on any atom is 0.262 e. The number of hydrogen-bond acceptors (Lipinski definition) is 5. The van der Waals surface area contributed by atoms with Gasteiger partial charge in [-0.25, -0.2) is 5.01 Å². The molecule has 0 spiro atoms.